The van der Waals surface area contributed by atoms with E-state index in [0.29, 0.717) is 17.4 Å². The monoisotopic (exact) mass is 361 g/mol. The number of nitrogens with zero attached hydrogens (tertiary/aromatic N) is 2. The highest BCUT2D eigenvalue weighted by Crippen LogP contribution is 2.18. The van der Waals surface area contributed by atoms with Crippen LogP contribution in [0.1, 0.15) is 31.4 Å². The van der Waals surface area contributed by atoms with Crippen molar-refractivity contribution in [1.29, 1.82) is 0 Å². The summed E-state index contributed by atoms with van der Waals surface area (Å²) in [5, 5.41) is 8.45. The number of amides is 3. The van der Waals surface area contributed by atoms with Crippen LogP contribution in [0, 0.1) is 0 Å². The van der Waals surface area contributed by atoms with Crippen molar-refractivity contribution >= 4 is 17.6 Å². The van der Waals surface area contributed by atoms with E-state index in [1.54, 1.807) is 18.3 Å². The molecule has 26 heavy (non-hydrogen) atoms. The summed E-state index contributed by atoms with van der Waals surface area (Å²) in [5.74, 6) is -0.208. The molecule has 1 saturated carbocycles. The van der Waals surface area contributed by atoms with Crippen molar-refractivity contribution in [3.05, 3.63) is 24.0 Å². The molecule has 1 aliphatic carbocycles. The zero-order valence-corrected chi connectivity index (χ0v) is 15.2. The third-order valence-electron chi connectivity index (χ3n) is 4.61. The molecule has 1 saturated heterocycles. The third kappa shape index (κ3) is 5.96. The predicted molar refractivity (Wildman–Crippen MR) is 97.7 cm³/mol. The molecule has 8 nitrogen and oxygen atoms in total. The van der Waals surface area contributed by atoms with Crippen molar-refractivity contribution in [2.75, 3.05) is 32.1 Å². The fourth-order valence-electron chi connectivity index (χ4n) is 2.85. The van der Waals surface area contributed by atoms with Gasteiger partial charge >= 0.3 is 6.03 Å². The molecule has 0 aromatic carbocycles. The lowest BCUT2D eigenvalue weighted by atomic mass is 10.1. The van der Waals surface area contributed by atoms with Gasteiger partial charge < -0.3 is 25.6 Å². The van der Waals surface area contributed by atoms with Gasteiger partial charge in [-0.1, -0.05) is 0 Å². The summed E-state index contributed by atoms with van der Waals surface area (Å²) in [7, 11) is 2.09. The first-order chi connectivity index (χ1) is 12.6. The number of nitrogens with one attached hydrogen (secondary N) is 3. The van der Waals surface area contributed by atoms with Crippen molar-refractivity contribution < 1.29 is 14.3 Å². The van der Waals surface area contributed by atoms with E-state index in [0.717, 1.165) is 38.8 Å². The van der Waals surface area contributed by atoms with Gasteiger partial charge in [-0.2, -0.15) is 0 Å². The van der Waals surface area contributed by atoms with Gasteiger partial charge in [-0.3, -0.25) is 9.78 Å². The Morgan fingerprint density at radius 2 is 2.04 bits per heavy atom. The second-order valence-electron chi connectivity index (χ2n) is 6.96. The zero-order valence-electron chi connectivity index (χ0n) is 15.2. The highest BCUT2D eigenvalue weighted by Gasteiger charge is 2.23. The molecular weight excluding hydrogens is 334 g/mol. The molecule has 0 bridgehead atoms. The summed E-state index contributed by atoms with van der Waals surface area (Å²) in [6.45, 7) is 2.27. The molecule has 2 aliphatic rings. The maximum Gasteiger partial charge on any atom is 0.315 e. The number of carbonyl (C=O) groups excluding carboxylic acids is 2. The van der Waals surface area contributed by atoms with Crippen molar-refractivity contribution in [3.63, 3.8) is 0 Å². The van der Waals surface area contributed by atoms with Crippen molar-refractivity contribution in [1.82, 2.24) is 20.5 Å². The number of anilines is 1. The fourth-order valence-corrected chi connectivity index (χ4v) is 2.85. The van der Waals surface area contributed by atoms with Gasteiger partial charge in [0.05, 0.1) is 24.0 Å². The van der Waals surface area contributed by atoms with Crippen LogP contribution in [0.2, 0.25) is 0 Å². The molecule has 3 rings (SSSR count). The average molecular weight is 361 g/mol. The predicted octanol–water partition coefficient (Wildman–Crippen LogP) is 1.09. The van der Waals surface area contributed by atoms with Gasteiger partial charge in [0, 0.05) is 25.3 Å². The van der Waals surface area contributed by atoms with Crippen LogP contribution in [0.4, 0.5) is 10.5 Å². The van der Waals surface area contributed by atoms with Gasteiger partial charge in [0.1, 0.15) is 6.61 Å². The molecule has 3 amide bonds. The average Bonchev–Trinajstić information content (AvgIpc) is 3.44. The number of urea groups is 1. The summed E-state index contributed by atoms with van der Waals surface area (Å²) in [4.78, 5) is 30.4. The Balaban J connectivity index is 1.44. The summed E-state index contributed by atoms with van der Waals surface area (Å²) in [6.07, 6.45) is 5.74. The van der Waals surface area contributed by atoms with E-state index < -0.39 is 0 Å². The van der Waals surface area contributed by atoms with Crippen LogP contribution >= 0.6 is 0 Å². The molecule has 3 N–H and O–H groups in total. The topological polar surface area (TPSA) is 95.6 Å². The van der Waals surface area contributed by atoms with Crippen LogP contribution in [0.15, 0.2) is 18.3 Å². The maximum absolute atomic E-state index is 12.2. The molecule has 8 heteroatoms. The van der Waals surface area contributed by atoms with Crippen LogP contribution in [0.5, 0.6) is 0 Å². The Labute approximate surface area is 153 Å². The molecule has 2 fully saturated rings. The Hall–Kier alpha value is -2.19. The van der Waals surface area contributed by atoms with Gasteiger partial charge in [0.2, 0.25) is 5.91 Å². The molecule has 2 heterocycles. The molecule has 0 spiro atoms. The van der Waals surface area contributed by atoms with E-state index in [-0.39, 0.29) is 31.2 Å². The van der Waals surface area contributed by atoms with E-state index in [2.05, 4.69) is 32.9 Å². The summed E-state index contributed by atoms with van der Waals surface area (Å²) in [5.41, 5.74) is 1.21. The molecule has 0 atom stereocenters. The second-order valence-corrected chi connectivity index (χ2v) is 6.96. The lowest BCUT2D eigenvalue weighted by molar-refractivity contribution is -0.123. The number of carbonyl (C=O) groups is 2. The Morgan fingerprint density at radius 3 is 2.77 bits per heavy atom. The van der Waals surface area contributed by atoms with Gasteiger partial charge in [0.25, 0.3) is 0 Å². The molecule has 1 aromatic rings. The Kier molecular flexibility index (Phi) is 6.40. The van der Waals surface area contributed by atoms with E-state index in [1.165, 1.54) is 0 Å². The number of pyridine rings is 1. The number of ether oxygens (including phenoxy) is 1. The van der Waals surface area contributed by atoms with Crippen LogP contribution in [-0.2, 0) is 16.1 Å². The van der Waals surface area contributed by atoms with Gasteiger partial charge in [-0.05, 0) is 44.9 Å². The van der Waals surface area contributed by atoms with Gasteiger partial charge in [-0.15, -0.1) is 0 Å². The van der Waals surface area contributed by atoms with Crippen molar-refractivity contribution in [3.8, 4) is 0 Å². The number of hydrogen-bond acceptors (Lipinski definition) is 5. The first-order valence-corrected chi connectivity index (χ1v) is 9.18. The normalized spacial score (nSPS) is 18.3. The summed E-state index contributed by atoms with van der Waals surface area (Å²) in [6, 6.07) is 3.62. The number of hydrogen-bond donors (Lipinski definition) is 3. The molecule has 142 valence electrons. The highest BCUT2D eigenvalue weighted by molar-refractivity contribution is 5.92. The van der Waals surface area contributed by atoms with E-state index >= 15 is 0 Å². The lowest BCUT2D eigenvalue weighted by Gasteiger charge is -2.28. The fraction of sp³-hybridized carbons (Fsp3) is 0.611. The van der Waals surface area contributed by atoms with Crippen molar-refractivity contribution in [2.45, 2.75) is 44.4 Å². The minimum absolute atomic E-state index is 0.0261. The highest BCUT2D eigenvalue weighted by atomic mass is 16.5. The quantitative estimate of drug-likeness (QED) is 0.676. The first kappa shape index (κ1) is 18.6. The lowest BCUT2D eigenvalue weighted by Crippen LogP contribution is -2.37. The Bertz CT molecular complexity index is 627. The SMILES string of the molecule is CN1CCC(OCC(=O)Nc2cccnc2CNC(=O)NC2CC2)CC1. The van der Waals surface area contributed by atoms with Crippen LogP contribution < -0.4 is 16.0 Å². The largest absolute Gasteiger partial charge is 0.368 e. The molecule has 0 radical (unpaired) electrons. The van der Waals surface area contributed by atoms with E-state index in [1.807, 2.05) is 0 Å². The minimum atomic E-state index is -0.208. The second kappa shape index (κ2) is 8.95. The smallest absolute Gasteiger partial charge is 0.315 e. The number of likely N-dealkylation sites (tertiary alicyclic amines) is 1. The number of piperidine rings is 1. The van der Waals surface area contributed by atoms with Gasteiger partial charge in [0.15, 0.2) is 0 Å². The van der Waals surface area contributed by atoms with E-state index in [9.17, 15) is 9.59 Å². The van der Waals surface area contributed by atoms with Gasteiger partial charge in [-0.25, -0.2) is 4.79 Å². The minimum Gasteiger partial charge on any atom is -0.368 e. The molecular formula is C18H27N5O3. The Morgan fingerprint density at radius 1 is 1.27 bits per heavy atom. The standard InChI is InChI=1S/C18H27N5O3/c1-23-9-6-14(7-10-23)26-12-17(24)22-15-3-2-8-19-16(15)11-20-18(25)21-13-4-5-13/h2-3,8,13-14H,4-7,9-12H2,1H3,(H,22,24)(H2,20,21,25). The van der Waals surface area contributed by atoms with Crippen LogP contribution in [0.3, 0.4) is 0 Å². The van der Waals surface area contributed by atoms with Crippen molar-refractivity contribution in [2.24, 2.45) is 0 Å². The number of aromatic nitrogens is 1. The number of rotatable bonds is 7. The molecule has 1 aliphatic heterocycles. The summed E-state index contributed by atoms with van der Waals surface area (Å²) < 4.78 is 5.72. The zero-order chi connectivity index (χ0) is 18.4. The molecule has 0 unspecified atom stereocenters. The molecule has 1 aromatic heterocycles. The van der Waals surface area contributed by atoms with Crippen LogP contribution in [0.25, 0.3) is 0 Å². The summed E-state index contributed by atoms with van der Waals surface area (Å²) >= 11 is 0. The third-order valence-corrected chi connectivity index (χ3v) is 4.61. The van der Waals surface area contributed by atoms with Crippen LogP contribution in [-0.4, -0.2) is 60.7 Å². The maximum atomic E-state index is 12.2. The first-order valence-electron chi connectivity index (χ1n) is 9.18. The van der Waals surface area contributed by atoms with E-state index in [4.69, 9.17) is 4.74 Å².